The lowest BCUT2D eigenvalue weighted by molar-refractivity contribution is -0.137. The van der Waals surface area contributed by atoms with E-state index in [2.05, 4.69) is 25.8 Å². The molecule has 2 N–H and O–H groups in total. The molecule has 0 bridgehead atoms. The summed E-state index contributed by atoms with van der Waals surface area (Å²) in [6.45, 7) is -0.230. The third kappa shape index (κ3) is 7.29. The molecule has 0 radical (unpaired) electrons. The van der Waals surface area contributed by atoms with Gasteiger partial charge in [-0.3, -0.25) is 14.2 Å². The van der Waals surface area contributed by atoms with E-state index >= 15 is 0 Å². The average Bonchev–Trinajstić information content (AvgIpc) is 3.60. The number of halogens is 3. The number of rotatable bonds is 10. The summed E-state index contributed by atoms with van der Waals surface area (Å²) in [5.41, 5.74) is -0.666. The first kappa shape index (κ1) is 30.2. The number of sulfonamides is 1. The average molecular weight is 626 g/mol. The second-order valence-electron chi connectivity index (χ2n) is 8.45. The van der Waals surface area contributed by atoms with Crippen molar-refractivity contribution in [1.82, 2.24) is 29.4 Å². The van der Waals surface area contributed by atoms with Crippen LogP contribution in [0.2, 0.25) is 0 Å². The molecule has 0 saturated heterocycles. The van der Waals surface area contributed by atoms with Crippen molar-refractivity contribution < 1.29 is 31.2 Å². The number of aromatic nitrogens is 4. The Kier molecular flexibility index (Phi) is 9.11. The molecule has 0 atom stereocenters. The summed E-state index contributed by atoms with van der Waals surface area (Å²) in [4.78, 5) is 29.1. The van der Waals surface area contributed by atoms with Crippen LogP contribution in [0.1, 0.15) is 21.7 Å². The Morgan fingerprint density at radius 2 is 1.83 bits per heavy atom. The van der Waals surface area contributed by atoms with Gasteiger partial charge in [-0.05, 0) is 42.5 Å². The maximum absolute atomic E-state index is 13.4. The van der Waals surface area contributed by atoms with Gasteiger partial charge in [-0.2, -0.15) is 13.2 Å². The van der Waals surface area contributed by atoms with Crippen molar-refractivity contribution in [3.05, 3.63) is 77.1 Å². The van der Waals surface area contributed by atoms with E-state index in [1.54, 1.807) is 5.38 Å². The molecule has 0 saturated carbocycles. The number of carbonyl (C=O) groups is 2. The lowest BCUT2D eigenvalue weighted by Crippen LogP contribution is -2.25. The first-order valence-electron chi connectivity index (χ1n) is 11.6. The van der Waals surface area contributed by atoms with Gasteiger partial charge in [-0.1, -0.05) is 17.8 Å². The number of anilines is 1. The second-order valence-corrected chi connectivity index (χ2v) is 12.4. The Morgan fingerprint density at radius 1 is 1.10 bits per heavy atom. The molecule has 41 heavy (non-hydrogen) atoms. The fraction of sp³-hybridized carbons (Fsp3) is 0.208. The fourth-order valence-electron chi connectivity index (χ4n) is 3.41. The fourth-order valence-corrected chi connectivity index (χ4v) is 5.63. The molecule has 2 heterocycles. The van der Waals surface area contributed by atoms with Gasteiger partial charge in [0.25, 0.3) is 5.91 Å². The predicted octanol–water partition coefficient (Wildman–Crippen LogP) is 3.65. The van der Waals surface area contributed by atoms with Crippen LogP contribution >= 0.6 is 23.1 Å². The van der Waals surface area contributed by atoms with Crippen molar-refractivity contribution in [2.45, 2.75) is 22.8 Å². The molecule has 0 fully saturated rings. The van der Waals surface area contributed by atoms with Crippen LogP contribution in [0.15, 0.2) is 70.2 Å². The maximum Gasteiger partial charge on any atom is 0.416 e. The molecule has 4 rings (SSSR count). The number of thiazole rings is 1. The van der Waals surface area contributed by atoms with Crippen LogP contribution in [-0.2, 0) is 27.5 Å². The minimum atomic E-state index is -4.61. The first-order chi connectivity index (χ1) is 19.4. The van der Waals surface area contributed by atoms with Crippen LogP contribution in [0.25, 0.3) is 5.69 Å². The van der Waals surface area contributed by atoms with Crippen molar-refractivity contribution in [2.24, 2.45) is 0 Å². The molecule has 11 nitrogen and oxygen atoms in total. The molecule has 2 amide bonds. The zero-order valence-electron chi connectivity index (χ0n) is 21.4. The topological polar surface area (TPSA) is 139 Å². The molecule has 216 valence electrons. The number of nitrogens with zero attached hydrogens (tertiary/aromatic N) is 5. The van der Waals surface area contributed by atoms with Gasteiger partial charge in [-0.25, -0.2) is 17.7 Å². The van der Waals surface area contributed by atoms with E-state index in [4.69, 9.17) is 0 Å². The second kappa shape index (κ2) is 12.4. The van der Waals surface area contributed by atoms with E-state index < -0.39 is 33.6 Å². The Balaban J connectivity index is 1.55. The van der Waals surface area contributed by atoms with Crippen molar-refractivity contribution in [2.75, 3.05) is 25.2 Å². The molecule has 4 aromatic rings. The Morgan fingerprint density at radius 3 is 2.46 bits per heavy atom. The quantitative estimate of drug-likeness (QED) is 0.255. The van der Waals surface area contributed by atoms with Crippen LogP contribution in [0.4, 0.5) is 18.3 Å². The smallest absolute Gasteiger partial charge is 0.345 e. The van der Waals surface area contributed by atoms with Crippen molar-refractivity contribution >= 4 is 50.1 Å². The van der Waals surface area contributed by atoms with Crippen molar-refractivity contribution in [1.29, 1.82) is 0 Å². The lowest BCUT2D eigenvalue weighted by Gasteiger charge is -2.14. The number of thioether (sulfide) groups is 1. The summed E-state index contributed by atoms with van der Waals surface area (Å²) in [5, 5.41) is 15.5. The predicted molar refractivity (Wildman–Crippen MR) is 146 cm³/mol. The van der Waals surface area contributed by atoms with Gasteiger partial charge in [0.15, 0.2) is 16.1 Å². The molecule has 0 aliphatic carbocycles. The monoisotopic (exact) mass is 625 g/mol. The van der Waals surface area contributed by atoms with Gasteiger partial charge in [-0.15, -0.1) is 21.5 Å². The largest absolute Gasteiger partial charge is 0.416 e. The standard InChI is InChI=1S/C24H22F3N7O4S3/c1-33(2)41(37,38)18-8-6-15(7-9-18)21(36)29-13-19-31-32-23(40-14-20(35)30-22-28-10-11-39-22)34(19)17-5-3-4-16(12-17)24(25,26)27/h3-12H,13-14H2,1-2H3,(H,29,36)(H,28,30,35). The van der Waals surface area contributed by atoms with Gasteiger partial charge >= 0.3 is 6.18 Å². The van der Waals surface area contributed by atoms with Crippen molar-refractivity contribution in [3.63, 3.8) is 0 Å². The molecular weight excluding hydrogens is 604 g/mol. The highest BCUT2D eigenvalue weighted by Gasteiger charge is 2.31. The number of carbonyl (C=O) groups excluding carboxylic acids is 2. The first-order valence-corrected chi connectivity index (χ1v) is 14.9. The van der Waals surface area contributed by atoms with Crippen LogP contribution in [-0.4, -0.2) is 64.1 Å². The van der Waals surface area contributed by atoms with Gasteiger partial charge in [0.1, 0.15) is 0 Å². The highest BCUT2D eigenvalue weighted by Crippen LogP contribution is 2.32. The summed E-state index contributed by atoms with van der Waals surface area (Å²) in [5.74, 6) is -1.01. The summed E-state index contributed by atoms with van der Waals surface area (Å²) in [7, 11) is -0.912. The third-order valence-corrected chi connectivity index (χ3v) is 8.89. The SMILES string of the molecule is CN(C)S(=O)(=O)c1ccc(C(=O)NCc2nnc(SCC(=O)Nc3nccs3)n2-c2cccc(C(F)(F)F)c2)cc1. The van der Waals surface area contributed by atoms with E-state index in [1.165, 1.54) is 72.6 Å². The molecular formula is C24H22F3N7O4S3. The van der Waals surface area contributed by atoms with Gasteiger partial charge in [0.05, 0.1) is 28.4 Å². The number of nitrogens with one attached hydrogen (secondary N) is 2. The highest BCUT2D eigenvalue weighted by molar-refractivity contribution is 7.99. The number of hydrogen-bond acceptors (Lipinski definition) is 9. The Hall–Kier alpha value is -3.80. The normalized spacial score (nSPS) is 12.0. The van der Waals surface area contributed by atoms with Crippen molar-refractivity contribution in [3.8, 4) is 5.69 Å². The highest BCUT2D eigenvalue weighted by atomic mass is 32.2. The summed E-state index contributed by atoms with van der Waals surface area (Å²) < 4.78 is 67.2. The van der Waals surface area contributed by atoms with Crippen LogP contribution in [0.3, 0.4) is 0 Å². The zero-order valence-corrected chi connectivity index (χ0v) is 23.9. The van der Waals surface area contributed by atoms with E-state index in [0.29, 0.717) is 5.13 Å². The zero-order chi connectivity index (χ0) is 29.8. The molecule has 2 aromatic heterocycles. The molecule has 0 unspecified atom stereocenters. The molecule has 0 aliphatic heterocycles. The number of hydrogen-bond donors (Lipinski definition) is 2. The van der Waals surface area contributed by atoms with Gasteiger partial charge < -0.3 is 10.6 Å². The van der Waals surface area contributed by atoms with E-state index in [0.717, 1.165) is 28.2 Å². The number of alkyl halides is 3. The Bertz CT molecular complexity index is 1640. The van der Waals surface area contributed by atoms with Gasteiger partial charge in [0.2, 0.25) is 15.9 Å². The van der Waals surface area contributed by atoms with E-state index in [1.807, 2.05) is 0 Å². The minimum Gasteiger partial charge on any atom is -0.345 e. The summed E-state index contributed by atoms with van der Waals surface area (Å²) >= 11 is 2.17. The third-order valence-electron chi connectivity index (χ3n) is 5.45. The number of amides is 2. The van der Waals surface area contributed by atoms with Crippen LogP contribution < -0.4 is 10.6 Å². The lowest BCUT2D eigenvalue weighted by atomic mass is 10.2. The molecule has 17 heteroatoms. The minimum absolute atomic E-state index is 0.00361. The summed E-state index contributed by atoms with van der Waals surface area (Å²) in [6, 6.07) is 9.75. The Labute approximate surface area is 240 Å². The van der Waals surface area contributed by atoms with Crippen LogP contribution in [0, 0.1) is 0 Å². The van der Waals surface area contributed by atoms with E-state index in [-0.39, 0.29) is 39.4 Å². The van der Waals surface area contributed by atoms with Gasteiger partial charge in [0, 0.05) is 31.2 Å². The van der Waals surface area contributed by atoms with E-state index in [9.17, 15) is 31.2 Å². The molecule has 2 aromatic carbocycles. The number of benzene rings is 2. The summed E-state index contributed by atoms with van der Waals surface area (Å²) in [6.07, 6.45) is -3.08. The maximum atomic E-state index is 13.4. The molecule has 0 aliphatic rings. The van der Waals surface area contributed by atoms with Crippen LogP contribution in [0.5, 0.6) is 0 Å². The molecule has 0 spiro atoms.